The molecule has 0 radical (unpaired) electrons. The van der Waals surface area contributed by atoms with Gasteiger partial charge in [0, 0.05) is 33.6 Å². The predicted octanol–water partition coefficient (Wildman–Crippen LogP) is -1.96. The average molecular weight is 331 g/mol. The molecule has 0 spiro atoms. The molecular formula is C13H25N5O3S. The van der Waals surface area contributed by atoms with Crippen LogP contribution in [0.3, 0.4) is 0 Å². The quantitative estimate of drug-likeness (QED) is 0.457. The molecule has 1 saturated heterocycles. The molecule has 8 nitrogen and oxygen atoms in total. The first-order valence-electron chi connectivity index (χ1n) is 7.82. The molecule has 0 aromatic carbocycles. The number of hydrogen-bond donors (Lipinski definition) is 2. The van der Waals surface area contributed by atoms with Crippen molar-refractivity contribution < 1.29 is 14.4 Å². The second-order valence-electron chi connectivity index (χ2n) is 5.98. The molecule has 126 valence electrons. The summed E-state index contributed by atoms with van der Waals surface area (Å²) in [6.07, 6.45) is 0.674. The molecule has 0 aromatic heterocycles. The Labute approximate surface area is 134 Å². The van der Waals surface area contributed by atoms with Crippen molar-refractivity contribution in [1.29, 1.82) is 0 Å². The fourth-order valence-electron chi connectivity index (χ4n) is 3.12. The van der Waals surface area contributed by atoms with Crippen molar-refractivity contribution in [2.24, 2.45) is 0 Å². The molecule has 3 atom stereocenters. The van der Waals surface area contributed by atoms with Gasteiger partial charge in [-0.3, -0.25) is 4.90 Å². The van der Waals surface area contributed by atoms with Crippen LogP contribution in [0.15, 0.2) is 11.5 Å². The monoisotopic (exact) mass is 331 g/mol. The van der Waals surface area contributed by atoms with Crippen LogP contribution in [0.2, 0.25) is 0 Å². The first-order chi connectivity index (χ1) is 10.6. The van der Waals surface area contributed by atoms with Crippen LogP contribution in [0.1, 0.15) is 13.3 Å². The zero-order valence-corrected chi connectivity index (χ0v) is 14.0. The van der Waals surface area contributed by atoms with E-state index in [9.17, 15) is 9.76 Å². The number of quaternary nitrogens is 1. The van der Waals surface area contributed by atoms with Crippen molar-refractivity contribution in [3.8, 4) is 0 Å². The number of likely N-dealkylation sites (N-methyl/N-ethyl adjacent to an activating group) is 1. The molecule has 0 saturated carbocycles. The van der Waals surface area contributed by atoms with Gasteiger partial charge in [-0.25, -0.2) is 0 Å². The van der Waals surface area contributed by atoms with Crippen molar-refractivity contribution in [3.05, 3.63) is 16.7 Å². The number of morpholine rings is 1. The van der Waals surface area contributed by atoms with Gasteiger partial charge in [-0.1, -0.05) is 0 Å². The zero-order valence-electron chi connectivity index (χ0n) is 13.2. The molecular weight excluding hydrogens is 306 g/mol. The molecule has 3 heterocycles. The lowest BCUT2D eigenvalue weighted by Gasteiger charge is -2.36. The number of nitrogens with one attached hydrogen (secondary N) is 2. The van der Waals surface area contributed by atoms with E-state index >= 15 is 0 Å². The first-order valence-corrected chi connectivity index (χ1v) is 8.89. The maximum Gasteiger partial charge on any atom is 0.268 e. The smallest absolute Gasteiger partial charge is 0.268 e. The van der Waals surface area contributed by atoms with Crippen molar-refractivity contribution in [3.63, 3.8) is 0 Å². The largest absolute Gasteiger partial charge is 0.626 e. The van der Waals surface area contributed by atoms with Gasteiger partial charge in [-0.2, -0.15) is 0 Å². The molecule has 3 aliphatic rings. The Hall–Kier alpha value is -0.550. The highest BCUT2D eigenvalue weighted by Gasteiger charge is 2.45. The van der Waals surface area contributed by atoms with Gasteiger partial charge in [0.15, 0.2) is 17.7 Å². The standard InChI is InChI=1S/C13H25N5O3S/c1-11-14-12-10-15(2)22(20)17(13(12)18(11)19)5-3-4-16-6-8-21-9-7-16/h11,14,18H,3-10H2,1-2H3. The summed E-state index contributed by atoms with van der Waals surface area (Å²) in [5.74, 6) is 0.630. The van der Waals surface area contributed by atoms with Crippen molar-refractivity contribution in [1.82, 2.24) is 18.8 Å². The van der Waals surface area contributed by atoms with Crippen LogP contribution >= 0.6 is 0 Å². The van der Waals surface area contributed by atoms with Crippen LogP contribution in [-0.2, 0) is 16.3 Å². The van der Waals surface area contributed by atoms with E-state index in [0.717, 1.165) is 45.0 Å². The normalized spacial score (nSPS) is 34.0. The maximum absolute atomic E-state index is 12.5. The van der Waals surface area contributed by atoms with E-state index in [4.69, 9.17) is 4.74 Å². The lowest BCUT2D eigenvalue weighted by Crippen LogP contribution is -3.10. The third kappa shape index (κ3) is 3.21. The maximum atomic E-state index is 12.5. The summed E-state index contributed by atoms with van der Waals surface area (Å²) in [7, 11) is 1.82. The number of ether oxygens (including phenoxy) is 1. The Morgan fingerprint density at radius 3 is 2.82 bits per heavy atom. The van der Waals surface area contributed by atoms with Gasteiger partial charge in [-0.05, 0) is 6.42 Å². The molecule has 3 aliphatic heterocycles. The van der Waals surface area contributed by atoms with Gasteiger partial charge >= 0.3 is 0 Å². The Balaban J connectivity index is 1.61. The Kier molecular flexibility index (Phi) is 5.13. The van der Waals surface area contributed by atoms with Crippen LogP contribution in [0.4, 0.5) is 0 Å². The number of hydrogen-bond acceptors (Lipinski definition) is 7. The summed E-state index contributed by atoms with van der Waals surface area (Å²) in [6.45, 7) is 7.45. The molecule has 9 heteroatoms. The fourth-order valence-corrected chi connectivity index (χ4v) is 4.34. The van der Waals surface area contributed by atoms with Gasteiger partial charge < -0.3 is 24.9 Å². The molecule has 0 aromatic rings. The molecule has 3 rings (SSSR count). The summed E-state index contributed by atoms with van der Waals surface area (Å²) in [5, 5.41) is 15.6. The molecule has 2 N–H and O–H groups in total. The number of rotatable bonds is 4. The van der Waals surface area contributed by atoms with E-state index in [-0.39, 0.29) is 11.2 Å². The molecule has 22 heavy (non-hydrogen) atoms. The van der Waals surface area contributed by atoms with Crippen LogP contribution in [-0.4, -0.2) is 77.2 Å². The summed E-state index contributed by atoms with van der Waals surface area (Å²) < 4.78 is 21.4. The Morgan fingerprint density at radius 2 is 2.09 bits per heavy atom. The van der Waals surface area contributed by atoms with Crippen molar-refractivity contribution >= 4 is 11.5 Å². The van der Waals surface area contributed by atoms with Crippen LogP contribution < -0.4 is 10.4 Å². The summed E-state index contributed by atoms with van der Waals surface area (Å²) in [5.41, 5.74) is 0.908. The summed E-state index contributed by atoms with van der Waals surface area (Å²) in [4.78, 5) is 2.35. The van der Waals surface area contributed by atoms with Gasteiger partial charge in [0.2, 0.25) is 0 Å². The molecule has 0 bridgehead atoms. The van der Waals surface area contributed by atoms with E-state index < -0.39 is 11.5 Å². The second kappa shape index (κ2) is 6.91. The molecule has 0 amide bonds. The predicted molar refractivity (Wildman–Crippen MR) is 83.3 cm³/mol. The Bertz CT molecular complexity index is 432. The minimum Gasteiger partial charge on any atom is -0.626 e. The number of nitrogens with zero attached hydrogens (tertiary/aromatic N) is 3. The molecule has 3 unspecified atom stereocenters. The van der Waals surface area contributed by atoms with Crippen molar-refractivity contribution in [2.45, 2.75) is 19.5 Å². The minimum absolute atomic E-state index is 0.0582. The van der Waals surface area contributed by atoms with Crippen LogP contribution in [0.25, 0.3) is 0 Å². The Morgan fingerprint density at radius 1 is 1.36 bits per heavy atom. The highest BCUT2D eigenvalue weighted by Crippen LogP contribution is 2.23. The third-order valence-electron chi connectivity index (χ3n) is 4.33. The highest BCUT2D eigenvalue weighted by atomic mass is 32.2. The average Bonchev–Trinajstić information content (AvgIpc) is 2.79. The SMILES string of the molecule is CC1NC2=C(N(CCCN3CCOCC3)[S+]([O-])N(C)C2)[NH+]1[O-]. The lowest BCUT2D eigenvalue weighted by atomic mass is 10.3. The van der Waals surface area contributed by atoms with Gasteiger partial charge in [0.05, 0.1) is 26.3 Å². The summed E-state index contributed by atoms with van der Waals surface area (Å²) >= 11 is -1.27. The first kappa shape index (κ1) is 16.3. The van der Waals surface area contributed by atoms with Crippen LogP contribution in [0, 0.1) is 5.21 Å². The minimum atomic E-state index is -1.27. The third-order valence-corrected chi connectivity index (χ3v) is 5.73. The van der Waals surface area contributed by atoms with Gasteiger partial charge in [0.1, 0.15) is 5.70 Å². The van der Waals surface area contributed by atoms with Crippen LogP contribution in [0.5, 0.6) is 0 Å². The zero-order chi connectivity index (χ0) is 15.7. The molecule has 1 fully saturated rings. The van der Waals surface area contributed by atoms with E-state index in [1.54, 1.807) is 8.61 Å². The van der Waals surface area contributed by atoms with E-state index in [1.807, 2.05) is 14.0 Å². The number of hydroxylamine groups is 2. The van der Waals surface area contributed by atoms with E-state index in [1.165, 1.54) is 0 Å². The van der Waals surface area contributed by atoms with Gasteiger partial charge in [0.25, 0.3) is 5.82 Å². The van der Waals surface area contributed by atoms with E-state index in [2.05, 4.69) is 10.2 Å². The topological polar surface area (TPSA) is 81.5 Å². The lowest BCUT2D eigenvalue weighted by molar-refractivity contribution is -0.836. The van der Waals surface area contributed by atoms with Crippen molar-refractivity contribution in [2.75, 3.05) is 53.0 Å². The molecule has 0 aliphatic carbocycles. The summed E-state index contributed by atoms with van der Waals surface area (Å²) in [6, 6.07) is 0. The van der Waals surface area contributed by atoms with E-state index in [0.29, 0.717) is 18.9 Å². The second-order valence-corrected chi connectivity index (χ2v) is 7.51. The fraction of sp³-hybridized carbons (Fsp3) is 0.846. The van der Waals surface area contributed by atoms with Gasteiger partial charge in [-0.15, -0.1) is 8.61 Å². The highest BCUT2D eigenvalue weighted by molar-refractivity contribution is 7.86.